The number of anilines is 2. The highest BCUT2D eigenvalue weighted by Gasteiger charge is 2.37. The monoisotopic (exact) mass is 541 g/mol. The summed E-state index contributed by atoms with van der Waals surface area (Å²) in [7, 11) is 0. The molecule has 0 bridgehead atoms. The van der Waals surface area contributed by atoms with Gasteiger partial charge in [0, 0.05) is 54.6 Å². The van der Waals surface area contributed by atoms with Crippen molar-refractivity contribution in [3.63, 3.8) is 0 Å². The number of alkyl halides is 2. The van der Waals surface area contributed by atoms with E-state index in [1.54, 1.807) is 41.8 Å². The lowest BCUT2D eigenvalue weighted by atomic mass is 10.0. The van der Waals surface area contributed by atoms with E-state index in [1.165, 1.54) is 12.1 Å². The van der Waals surface area contributed by atoms with Crippen LogP contribution in [0, 0.1) is 5.82 Å². The van der Waals surface area contributed by atoms with Gasteiger partial charge in [0.1, 0.15) is 11.5 Å². The second-order valence-corrected chi connectivity index (χ2v) is 9.99. The van der Waals surface area contributed by atoms with Gasteiger partial charge in [-0.2, -0.15) is 5.10 Å². The highest BCUT2D eigenvalue weighted by molar-refractivity contribution is 5.97. The molecule has 7 nitrogen and oxygen atoms in total. The van der Waals surface area contributed by atoms with Gasteiger partial charge in [0.25, 0.3) is 5.92 Å². The van der Waals surface area contributed by atoms with Crippen LogP contribution in [0.5, 0.6) is 0 Å². The third-order valence-corrected chi connectivity index (χ3v) is 7.06. The minimum Gasteiger partial charge on any atom is -0.396 e. The molecule has 0 spiro atoms. The lowest BCUT2D eigenvalue weighted by Gasteiger charge is -2.16. The molecule has 0 atom stereocenters. The molecule has 1 fully saturated rings. The fraction of sp³-hybridized carbons (Fsp3) is 0.167. The van der Waals surface area contributed by atoms with E-state index in [0.29, 0.717) is 41.4 Å². The summed E-state index contributed by atoms with van der Waals surface area (Å²) in [6, 6.07) is 13.9. The molecule has 0 aliphatic carbocycles. The van der Waals surface area contributed by atoms with Crippen molar-refractivity contribution in [3.8, 4) is 22.3 Å². The number of hydrogen-bond donors (Lipinski definition) is 3. The van der Waals surface area contributed by atoms with Gasteiger partial charge in [-0.3, -0.25) is 20.0 Å². The number of halogens is 3. The number of likely N-dealkylation sites (tertiary alicyclic amines) is 1. The van der Waals surface area contributed by atoms with Crippen molar-refractivity contribution < 1.29 is 13.2 Å². The largest absolute Gasteiger partial charge is 0.396 e. The molecule has 1 aliphatic rings. The molecule has 4 N–H and O–H groups in total. The Morgan fingerprint density at radius 3 is 2.55 bits per heavy atom. The van der Waals surface area contributed by atoms with Crippen LogP contribution >= 0.6 is 0 Å². The molecule has 4 heterocycles. The quantitative estimate of drug-likeness (QED) is 0.223. The third kappa shape index (κ3) is 5.13. The Balaban J connectivity index is 1.25. The molecule has 0 saturated carbocycles. The summed E-state index contributed by atoms with van der Waals surface area (Å²) >= 11 is 0. The van der Waals surface area contributed by atoms with Crippen molar-refractivity contribution in [2.75, 3.05) is 24.1 Å². The molecular formula is C30H26F3N7. The number of rotatable bonds is 7. The Morgan fingerprint density at radius 2 is 1.77 bits per heavy atom. The molecule has 0 radical (unpaired) electrons. The predicted molar refractivity (Wildman–Crippen MR) is 151 cm³/mol. The molecule has 202 valence electrons. The van der Waals surface area contributed by atoms with Gasteiger partial charge in [0.05, 0.1) is 35.3 Å². The average molecular weight is 542 g/mol. The molecule has 40 heavy (non-hydrogen) atoms. The maximum atomic E-state index is 13.6. The summed E-state index contributed by atoms with van der Waals surface area (Å²) in [5, 5.41) is 11.6. The summed E-state index contributed by atoms with van der Waals surface area (Å²) in [4.78, 5) is 10.4. The standard InChI is InChI=1S/C30H26F3N7/c1-18(37-27-15-36-14-25(28(27)34)20-2-5-23(31)6-3-20)29-24-11-21(4-7-26(24)38-39-29)22-10-19(12-35-13-22)16-40-9-8-30(32,33)17-40/h2-7,10-15,37H,1,8-9,16-17H2,(H2,34,36)(H,38,39). The Labute approximate surface area is 228 Å². The van der Waals surface area contributed by atoms with Crippen molar-refractivity contribution in [1.29, 1.82) is 0 Å². The topological polar surface area (TPSA) is 95.8 Å². The van der Waals surface area contributed by atoms with Gasteiger partial charge in [-0.25, -0.2) is 13.2 Å². The van der Waals surface area contributed by atoms with Crippen molar-refractivity contribution in [2.45, 2.75) is 18.9 Å². The number of aromatic amines is 1. The summed E-state index contributed by atoms with van der Waals surface area (Å²) in [6.07, 6.45) is 6.58. The van der Waals surface area contributed by atoms with E-state index in [4.69, 9.17) is 5.73 Å². The summed E-state index contributed by atoms with van der Waals surface area (Å²) in [5.74, 6) is -2.96. The molecular weight excluding hydrogens is 515 g/mol. The lowest BCUT2D eigenvalue weighted by molar-refractivity contribution is 0.0115. The first-order valence-electron chi connectivity index (χ1n) is 12.7. The fourth-order valence-electron chi connectivity index (χ4n) is 5.01. The van der Waals surface area contributed by atoms with Crippen molar-refractivity contribution in [3.05, 3.63) is 97.0 Å². The van der Waals surface area contributed by atoms with Crippen LogP contribution in [0.3, 0.4) is 0 Å². The minimum absolute atomic E-state index is 0.115. The highest BCUT2D eigenvalue weighted by Crippen LogP contribution is 2.34. The van der Waals surface area contributed by atoms with Crippen LogP contribution < -0.4 is 11.1 Å². The van der Waals surface area contributed by atoms with Crippen LogP contribution in [-0.4, -0.2) is 44.1 Å². The van der Waals surface area contributed by atoms with Crippen LogP contribution in [-0.2, 0) is 6.54 Å². The first kappa shape index (κ1) is 25.6. The van der Waals surface area contributed by atoms with E-state index in [1.807, 2.05) is 24.3 Å². The molecule has 0 amide bonds. The number of aromatic nitrogens is 4. The van der Waals surface area contributed by atoms with Crippen LogP contribution in [0.4, 0.5) is 24.5 Å². The number of nitrogens with zero attached hydrogens (tertiary/aromatic N) is 4. The van der Waals surface area contributed by atoms with E-state index in [-0.39, 0.29) is 18.8 Å². The smallest absolute Gasteiger partial charge is 0.261 e. The number of H-pyrrole nitrogens is 1. The highest BCUT2D eigenvalue weighted by atomic mass is 19.3. The molecule has 5 aromatic rings. The normalized spacial score (nSPS) is 15.0. The summed E-state index contributed by atoms with van der Waals surface area (Å²) < 4.78 is 40.7. The van der Waals surface area contributed by atoms with E-state index in [2.05, 4.69) is 32.1 Å². The average Bonchev–Trinajstić information content (AvgIpc) is 3.52. The molecule has 0 unspecified atom stereocenters. The predicted octanol–water partition coefficient (Wildman–Crippen LogP) is 6.33. The number of nitrogen functional groups attached to an aromatic ring is 1. The maximum absolute atomic E-state index is 13.6. The van der Waals surface area contributed by atoms with E-state index in [9.17, 15) is 13.2 Å². The molecule has 1 saturated heterocycles. The Morgan fingerprint density at radius 1 is 1.00 bits per heavy atom. The third-order valence-electron chi connectivity index (χ3n) is 7.06. The van der Waals surface area contributed by atoms with Gasteiger partial charge < -0.3 is 11.1 Å². The van der Waals surface area contributed by atoms with E-state index >= 15 is 0 Å². The second kappa shape index (κ2) is 10.1. The van der Waals surface area contributed by atoms with Crippen LogP contribution in [0.15, 0.2) is 79.9 Å². The number of nitrogens with one attached hydrogen (secondary N) is 2. The van der Waals surface area contributed by atoms with Crippen LogP contribution in [0.2, 0.25) is 0 Å². The minimum atomic E-state index is -2.63. The SMILES string of the molecule is C=C(Nc1cncc(-c2ccc(F)cc2)c1N)c1n[nH]c2ccc(-c3cncc(CN4CCC(F)(F)C4)c3)cc12. The van der Waals surface area contributed by atoms with Gasteiger partial charge in [-0.15, -0.1) is 0 Å². The zero-order chi connectivity index (χ0) is 27.9. The number of fused-ring (bicyclic) bond motifs is 1. The molecule has 6 rings (SSSR count). The van der Waals surface area contributed by atoms with Gasteiger partial charge in [-0.1, -0.05) is 24.8 Å². The Kier molecular flexibility index (Phi) is 6.47. The van der Waals surface area contributed by atoms with Gasteiger partial charge in [-0.05, 0) is 47.0 Å². The van der Waals surface area contributed by atoms with Crippen molar-refractivity contribution >= 4 is 28.0 Å². The van der Waals surface area contributed by atoms with Gasteiger partial charge in [0.2, 0.25) is 0 Å². The first-order chi connectivity index (χ1) is 19.3. The summed E-state index contributed by atoms with van der Waals surface area (Å²) in [5.41, 5.74) is 13.4. The molecule has 1 aliphatic heterocycles. The maximum Gasteiger partial charge on any atom is 0.261 e. The number of hydrogen-bond acceptors (Lipinski definition) is 6. The number of nitrogens with two attached hydrogens (primary N) is 1. The Bertz CT molecular complexity index is 1710. The zero-order valence-corrected chi connectivity index (χ0v) is 21.5. The molecule has 3 aromatic heterocycles. The molecule has 2 aromatic carbocycles. The first-order valence-corrected chi connectivity index (χ1v) is 12.7. The van der Waals surface area contributed by atoms with E-state index < -0.39 is 5.92 Å². The van der Waals surface area contributed by atoms with Crippen LogP contribution in [0.25, 0.3) is 38.9 Å². The van der Waals surface area contributed by atoms with Crippen molar-refractivity contribution in [2.24, 2.45) is 0 Å². The lowest BCUT2D eigenvalue weighted by Crippen LogP contribution is -2.24. The van der Waals surface area contributed by atoms with Crippen LogP contribution in [0.1, 0.15) is 17.7 Å². The van der Waals surface area contributed by atoms with E-state index in [0.717, 1.165) is 33.2 Å². The van der Waals surface area contributed by atoms with Crippen molar-refractivity contribution in [1.82, 2.24) is 25.1 Å². The number of pyridine rings is 2. The summed E-state index contributed by atoms with van der Waals surface area (Å²) in [6.45, 7) is 4.73. The second-order valence-electron chi connectivity index (χ2n) is 9.99. The number of benzene rings is 2. The zero-order valence-electron chi connectivity index (χ0n) is 21.5. The fourth-order valence-corrected chi connectivity index (χ4v) is 5.01. The Hall–Kier alpha value is -4.70. The van der Waals surface area contributed by atoms with Gasteiger partial charge >= 0.3 is 0 Å². The van der Waals surface area contributed by atoms with Gasteiger partial charge in [0.15, 0.2) is 0 Å². The molecule has 10 heteroatoms.